The number of hydrogen-bond acceptors (Lipinski definition) is 5. The normalized spacial score (nSPS) is 13.7. The number of aromatic hydroxyl groups is 1. The maximum absolute atomic E-state index is 12.4. The molecule has 2 aromatic heterocycles. The first-order chi connectivity index (χ1) is 14.8. The van der Waals surface area contributed by atoms with E-state index in [0.717, 1.165) is 40.6 Å². The Bertz CT molecular complexity index is 1230. The van der Waals surface area contributed by atoms with Gasteiger partial charge in [-0.15, -0.1) is 12.4 Å². The van der Waals surface area contributed by atoms with Crippen molar-refractivity contribution in [3.05, 3.63) is 50.9 Å². The van der Waals surface area contributed by atoms with Gasteiger partial charge in [0.25, 0.3) is 5.56 Å². The van der Waals surface area contributed by atoms with Gasteiger partial charge in [-0.1, -0.05) is 0 Å². The van der Waals surface area contributed by atoms with Crippen molar-refractivity contribution in [3.8, 4) is 17.0 Å². The molecule has 1 aromatic carbocycles. The molecule has 0 saturated heterocycles. The molecule has 32 heavy (non-hydrogen) atoms. The summed E-state index contributed by atoms with van der Waals surface area (Å²) in [6.45, 7) is 3.39. The number of nitrogens with zero attached hydrogens (tertiary/aromatic N) is 1. The van der Waals surface area contributed by atoms with E-state index in [9.17, 15) is 19.8 Å². The number of carbonyl (C=O) groups is 1. The molecule has 0 saturated carbocycles. The molecule has 9 heteroatoms. The number of aromatic carboxylic acids is 1. The van der Waals surface area contributed by atoms with Crippen molar-refractivity contribution in [3.63, 3.8) is 0 Å². The minimum Gasteiger partial charge on any atom is -0.506 e. The summed E-state index contributed by atoms with van der Waals surface area (Å²) in [5, 5.41) is 24.3. The Morgan fingerprint density at radius 3 is 2.75 bits per heavy atom. The molecule has 0 aliphatic heterocycles. The molecule has 0 amide bonds. The molecule has 1 aliphatic carbocycles. The first-order valence-corrected chi connectivity index (χ1v) is 10.4. The van der Waals surface area contributed by atoms with Gasteiger partial charge in [0, 0.05) is 54.5 Å². The molecule has 4 N–H and O–H groups in total. The number of rotatable bonds is 6. The van der Waals surface area contributed by atoms with Crippen molar-refractivity contribution < 1.29 is 19.7 Å². The van der Waals surface area contributed by atoms with Gasteiger partial charge in [0.05, 0.1) is 12.3 Å². The number of aromatic amines is 1. The second-order valence-electron chi connectivity index (χ2n) is 8.19. The molecule has 1 atom stereocenters. The number of fused-ring (bicyclic) bond motifs is 4. The number of aryl methyl sites for hydroxylation is 2. The molecule has 1 aliphatic rings. The lowest BCUT2D eigenvalue weighted by Gasteiger charge is -2.13. The van der Waals surface area contributed by atoms with E-state index in [2.05, 4.69) is 33.9 Å². The zero-order chi connectivity index (χ0) is 22.3. The smallest absolute Gasteiger partial charge is 0.345 e. The summed E-state index contributed by atoms with van der Waals surface area (Å²) in [5.74, 6) is -1.85. The number of ether oxygens (including phenoxy) is 1. The first kappa shape index (κ1) is 23.8. The first-order valence-electron chi connectivity index (χ1n) is 10.4. The van der Waals surface area contributed by atoms with E-state index in [0.29, 0.717) is 30.8 Å². The van der Waals surface area contributed by atoms with Gasteiger partial charge < -0.3 is 29.8 Å². The third kappa shape index (κ3) is 4.13. The number of H-pyrrole nitrogens is 1. The van der Waals surface area contributed by atoms with Crippen LogP contribution in [0.2, 0.25) is 0 Å². The molecular formula is C23H28ClN3O5. The van der Waals surface area contributed by atoms with Crippen LogP contribution in [0.25, 0.3) is 22.2 Å². The Balaban J connectivity index is 0.00000289. The van der Waals surface area contributed by atoms with Crippen LogP contribution in [0.5, 0.6) is 5.75 Å². The van der Waals surface area contributed by atoms with Crippen LogP contribution in [-0.2, 0) is 31.2 Å². The van der Waals surface area contributed by atoms with Gasteiger partial charge in [-0.2, -0.15) is 0 Å². The van der Waals surface area contributed by atoms with Crippen LogP contribution in [0.1, 0.15) is 40.5 Å². The average molecular weight is 462 g/mol. The molecule has 4 rings (SSSR count). The molecule has 172 valence electrons. The lowest BCUT2D eigenvalue weighted by atomic mass is 9.98. The van der Waals surface area contributed by atoms with Gasteiger partial charge in [-0.25, -0.2) is 4.79 Å². The number of carboxylic acids is 1. The molecule has 0 radical (unpaired) electrons. The van der Waals surface area contributed by atoms with Gasteiger partial charge in [-0.05, 0) is 49.9 Å². The Morgan fingerprint density at radius 2 is 2.06 bits per heavy atom. The number of hydrogen-bond donors (Lipinski definition) is 4. The van der Waals surface area contributed by atoms with Crippen LogP contribution in [-0.4, -0.2) is 45.5 Å². The van der Waals surface area contributed by atoms with Gasteiger partial charge in [0.15, 0.2) is 5.56 Å². The summed E-state index contributed by atoms with van der Waals surface area (Å²) in [6, 6.07) is 6.48. The zero-order valence-electron chi connectivity index (χ0n) is 18.3. The van der Waals surface area contributed by atoms with E-state index < -0.39 is 22.8 Å². The van der Waals surface area contributed by atoms with E-state index in [-0.39, 0.29) is 18.4 Å². The summed E-state index contributed by atoms with van der Waals surface area (Å²) in [4.78, 5) is 26.5. The highest BCUT2D eigenvalue weighted by atomic mass is 35.5. The van der Waals surface area contributed by atoms with Gasteiger partial charge in [-0.3, -0.25) is 4.79 Å². The quantitative estimate of drug-likeness (QED) is 0.448. The Labute approximate surface area is 191 Å². The largest absolute Gasteiger partial charge is 0.506 e. The summed E-state index contributed by atoms with van der Waals surface area (Å²) in [6.07, 6.45) is 2.01. The Hall–Kier alpha value is -2.81. The van der Waals surface area contributed by atoms with Crippen LogP contribution in [0.3, 0.4) is 0 Å². The number of benzene rings is 1. The lowest BCUT2D eigenvalue weighted by molar-refractivity contribution is 0.0691. The van der Waals surface area contributed by atoms with Crippen molar-refractivity contribution in [2.75, 3.05) is 13.7 Å². The van der Waals surface area contributed by atoms with Crippen molar-refractivity contribution in [1.29, 1.82) is 0 Å². The monoisotopic (exact) mass is 461 g/mol. The van der Waals surface area contributed by atoms with Crippen LogP contribution in [0.4, 0.5) is 0 Å². The SMILES string of the molecule is COCC(C)NCc1cc2cc3c(cc2n1C)CCCc1c-3[nH]c(=O)c(C(=O)O)c1O.Cl. The fraction of sp³-hybridized carbons (Fsp3) is 0.391. The molecule has 3 aromatic rings. The van der Waals surface area contributed by atoms with Crippen molar-refractivity contribution in [2.24, 2.45) is 7.05 Å². The predicted molar refractivity (Wildman–Crippen MR) is 125 cm³/mol. The molecule has 8 nitrogen and oxygen atoms in total. The molecule has 2 heterocycles. The van der Waals surface area contributed by atoms with Crippen molar-refractivity contribution in [1.82, 2.24) is 14.9 Å². The number of aromatic nitrogens is 2. The van der Waals surface area contributed by atoms with Gasteiger partial charge in [0.2, 0.25) is 0 Å². The standard InChI is InChI=1S/C23H27N3O5.ClH/c1-12(11-31-3)24-10-15-7-14-8-17-13(9-18(14)26(15)2)5-4-6-16-20(17)25-22(28)19(21(16)27)23(29)30;/h7-9,12,24H,4-6,10-11H2,1-3H3,(H,29,30)(H2,25,27,28);1H. The highest BCUT2D eigenvalue weighted by Gasteiger charge is 2.26. The zero-order valence-corrected chi connectivity index (χ0v) is 19.1. The van der Waals surface area contributed by atoms with E-state index in [1.807, 2.05) is 13.1 Å². The average Bonchev–Trinajstić information content (AvgIpc) is 2.90. The predicted octanol–water partition coefficient (Wildman–Crippen LogP) is 2.97. The van der Waals surface area contributed by atoms with E-state index in [1.54, 1.807) is 7.11 Å². The molecule has 0 bridgehead atoms. The van der Waals surface area contributed by atoms with Crippen LogP contribution >= 0.6 is 12.4 Å². The molecule has 0 fully saturated rings. The molecular weight excluding hydrogens is 434 g/mol. The van der Waals surface area contributed by atoms with Crippen LogP contribution in [0, 0.1) is 0 Å². The molecule has 1 unspecified atom stereocenters. The maximum Gasteiger partial charge on any atom is 0.345 e. The van der Waals surface area contributed by atoms with Crippen LogP contribution in [0.15, 0.2) is 23.0 Å². The third-order valence-electron chi connectivity index (χ3n) is 6.06. The summed E-state index contributed by atoms with van der Waals surface area (Å²) >= 11 is 0. The maximum atomic E-state index is 12.4. The minimum atomic E-state index is -1.43. The van der Waals surface area contributed by atoms with E-state index in [1.165, 1.54) is 0 Å². The highest BCUT2D eigenvalue weighted by molar-refractivity contribution is 5.93. The van der Waals surface area contributed by atoms with Gasteiger partial charge >= 0.3 is 5.97 Å². The lowest BCUT2D eigenvalue weighted by Crippen LogP contribution is -2.30. The number of carboxylic acid groups (broad SMARTS) is 1. The number of halogens is 1. The fourth-order valence-electron chi connectivity index (χ4n) is 4.44. The molecule has 0 spiro atoms. The highest BCUT2D eigenvalue weighted by Crippen LogP contribution is 2.38. The summed E-state index contributed by atoms with van der Waals surface area (Å²) in [5.41, 5.74) is 3.73. The number of pyridine rings is 1. The third-order valence-corrected chi connectivity index (χ3v) is 6.06. The number of methoxy groups -OCH3 is 1. The Morgan fingerprint density at radius 1 is 1.31 bits per heavy atom. The summed E-state index contributed by atoms with van der Waals surface area (Å²) in [7, 11) is 3.71. The number of nitrogens with one attached hydrogen (secondary N) is 2. The van der Waals surface area contributed by atoms with Crippen LogP contribution < -0.4 is 10.9 Å². The second kappa shape index (κ2) is 9.36. The Kier molecular flexibility index (Phi) is 6.97. The van der Waals surface area contributed by atoms with Crippen molar-refractivity contribution in [2.45, 2.75) is 38.8 Å². The van der Waals surface area contributed by atoms with Gasteiger partial charge in [0.1, 0.15) is 5.75 Å². The van der Waals surface area contributed by atoms with Crippen molar-refractivity contribution >= 4 is 29.3 Å². The van der Waals surface area contributed by atoms with E-state index >= 15 is 0 Å². The fourth-order valence-corrected chi connectivity index (χ4v) is 4.44. The van der Waals surface area contributed by atoms with E-state index in [4.69, 9.17) is 4.74 Å². The second-order valence-corrected chi connectivity index (χ2v) is 8.19. The minimum absolute atomic E-state index is 0. The summed E-state index contributed by atoms with van der Waals surface area (Å²) < 4.78 is 7.34. The topological polar surface area (TPSA) is 117 Å².